The Morgan fingerprint density at radius 2 is 1.00 bits per heavy atom. The van der Waals surface area contributed by atoms with Gasteiger partial charge in [-0.25, -0.2) is 0 Å². The largest absolute Gasteiger partial charge is 0.590 e. The summed E-state index contributed by atoms with van der Waals surface area (Å²) in [4.78, 5) is 12.1. The fraction of sp³-hybridized carbons (Fsp3) is 0.931. The lowest BCUT2D eigenvalue weighted by atomic mass is 10.00. The van der Waals surface area contributed by atoms with Gasteiger partial charge in [0.1, 0.15) is 0 Å². The summed E-state index contributed by atoms with van der Waals surface area (Å²) in [7, 11) is 3.64. The van der Waals surface area contributed by atoms with Crippen molar-refractivity contribution in [2.45, 2.75) is 154 Å². The molecule has 2 atom stereocenters. The average Bonchev–Trinajstić information content (AvgIpc) is 2.76. The zero-order valence-corrected chi connectivity index (χ0v) is 24.1. The lowest BCUT2D eigenvalue weighted by Gasteiger charge is -2.39. The summed E-state index contributed by atoms with van der Waals surface area (Å²) in [5.41, 5.74) is 0. The third kappa shape index (κ3) is 16.1. The molecule has 0 radical (unpaired) electrons. The first-order valence-electron chi connectivity index (χ1n) is 14.4. The Hall–Kier alpha value is -0.240. The Morgan fingerprint density at radius 3 is 1.36 bits per heavy atom. The topological polar surface area (TPSA) is 40.1 Å². The molecule has 0 aromatic rings. The predicted molar refractivity (Wildman–Crippen MR) is 146 cm³/mol. The van der Waals surface area contributed by atoms with Crippen molar-refractivity contribution in [2.75, 3.05) is 21.1 Å². The Bertz CT molecular complexity index is 487. The molecule has 196 valence electrons. The number of quaternary nitrogens is 1. The van der Waals surface area contributed by atoms with E-state index in [1.807, 2.05) is 21.1 Å². The Labute approximate surface area is 209 Å². The molecule has 0 aliphatic rings. The zero-order valence-electron chi connectivity index (χ0n) is 23.2. The normalized spacial score (nSPS) is 14.7. The fourth-order valence-electron chi connectivity index (χ4n) is 4.99. The molecule has 0 heterocycles. The van der Waals surface area contributed by atoms with Crippen molar-refractivity contribution in [3.8, 4) is 0 Å². The Balaban J connectivity index is 3.62. The summed E-state index contributed by atoms with van der Waals surface area (Å²) in [5, 5.41) is -0.609. The van der Waals surface area contributed by atoms with E-state index < -0.39 is 13.3 Å². The SMILES string of the molecule is CCCCCCCCCCCCCCCC/C=C\CCCCC(CCC)([P+](=O)[O-])[N+](C)(C)C. The molecule has 0 fully saturated rings. The van der Waals surface area contributed by atoms with Crippen molar-refractivity contribution < 1.29 is 13.9 Å². The summed E-state index contributed by atoms with van der Waals surface area (Å²) in [5.74, 6) is 0. The Kier molecular flexibility index (Phi) is 20.9. The van der Waals surface area contributed by atoms with Crippen molar-refractivity contribution in [3.63, 3.8) is 0 Å². The molecule has 0 aromatic carbocycles. The molecule has 3 nitrogen and oxygen atoms in total. The van der Waals surface area contributed by atoms with Crippen LogP contribution in [0.1, 0.15) is 149 Å². The van der Waals surface area contributed by atoms with Crippen LogP contribution in [0.15, 0.2) is 12.2 Å². The first kappa shape index (κ1) is 32.8. The molecular formula is C29H59NO2P+. The van der Waals surface area contributed by atoms with Gasteiger partial charge >= 0.3 is 8.03 Å². The molecule has 0 aliphatic heterocycles. The van der Waals surface area contributed by atoms with E-state index in [-0.39, 0.29) is 0 Å². The summed E-state index contributed by atoms with van der Waals surface area (Å²) in [6.07, 6.45) is 31.2. The van der Waals surface area contributed by atoms with E-state index in [1.54, 1.807) is 0 Å². The number of allylic oxidation sites excluding steroid dienone is 2. The molecule has 0 bridgehead atoms. The molecule has 4 heteroatoms. The minimum atomic E-state index is -2.43. The van der Waals surface area contributed by atoms with Crippen molar-refractivity contribution in [2.24, 2.45) is 0 Å². The molecule has 0 aromatic heterocycles. The van der Waals surface area contributed by atoms with Gasteiger partial charge in [0, 0.05) is 12.8 Å². The van der Waals surface area contributed by atoms with Crippen LogP contribution in [-0.2, 0) is 4.57 Å². The smallest absolute Gasteiger partial charge is 0.376 e. The zero-order chi connectivity index (χ0) is 24.8. The second-order valence-corrected chi connectivity index (χ2v) is 12.5. The van der Waals surface area contributed by atoms with Gasteiger partial charge in [0.2, 0.25) is 0 Å². The van der Waals surface area contributed by atoms with E-state index in [2.05, 4.69) is 26.0 Å². The van der Waals surface area contributed by atoms with E-state index in [1.165, 1.54) is 96.3 Å². The van der Waals surface area contributed by atoms with Gasteiger partial charge in [-0.2, -0.15) is 0 Å². The van der Waals surface area contributed by atoms with Crippen molar-refractivity contribution in [1.82, 2.24) is 0 Å². The lowest BCUT2D eigenvalue weighted by molar-refractivity contribution is -0.910. The summed E-state index contributed by atoms with van der Waals surface area (Å²) >= 11 is 0. The highest BCUT2D eigenvalue weighted by atomic mass is 31.1. The van der Waals surface area contributed by atoms with Gasteiger partial charge in [0.25, 0.3) is 5.28 Å². The van der Waals surface area contributed by atoms with Gasteiger partial charge in [-0.05, 0) is 38.5 Å². The van der Waals surface area contributed by atoms with E-state index in [0.717, 1.165) is 38.5 Å². The van der Waals surface area contributed by atoms with Crippen LogP contribution in [0, 0.1) is 0 Å². The third-order valence-electron chi connectivity index (χ3n) is 7.33. The second-order valence-electron chi connectivity index (χ2n) is 11.1. The van der Waals surface area contributed by atoms with Crippen LogP contribution < -0.4 is 4.89 Å². The molecule has 0 aliphatic carbocycles. The van der Waals surface area contributed by atoms with Crippen LogP contribution in [-0.4, -0.2) is 30.9 Å². The molecule has 0 rings (SSSR count). The molecule has 2 unspecified atom stereocenters. The quantitative estimate of drug-likeness (QED) is 0.0592. The standard InChI is InChI=1S/C29H59NO2P/c1-6-8-9-10-11-12-13-14-15-16-17-18-19-20-21-22-23-24-25-26-28-29(27-7-2,33(31)32)30(3,4)5/h22-23H,6-21,24-28H2,1-5H3/q+1/b23-22-. The van der Waals surface area contributed by atoms with Gasteiger partial charge in [-0.1, -0.05) is 114 Å². The summed E-state index contributed by atoms with van der Waals surface area (Å²) in [6.45, 7) is 4.37. The van der Waals surface area contributed by atoms with Crippen molar-refractivity contribution in [1.29, 1.82) is 0 Å². The minimum absolute atomic E-state index is 0.508. The highest BCUT2D eigenvalue weighted by Gasteiger charge is 2.53. The predicted octanol–water partition coefficient (Wildman–Crippen LogP) is 9.28. The fourth-order valence-corrected chi connectivity index (χ4v) is 6.22. The number of hydrogen-bond donors (Lipinski definition) is 0. The summed E-state index contributed by atoms with van der Waals surface area (Å²) in [6, 6.07) is 0. The summed E-state index contributed by atoms with van der Waals surface area (Å²) < 4.78 is 12.6. The monoisotopic (exact) mass is 484 g/mol. The molecule has 0 spiro atoms. The van der Waals surface area contributed by atoms with Gasteiger partial charge in [-0.3, -0.25) is 4.48 Å². The van der Waals surface area contributed by atoms with Crippen LogP contribution in [0.5, 0.6) is 0 Å². The van der Waals surface area contributed by atoms with Gasteiger partial charge in [-0.15, -0.1) is 0 Å². The number of hydrogen-bond acceptors (Lipinski definition) is 2. The van der Waals surface area contributed by atoms with E-state index in [9.17, 15) is 9.46 Å². The van der Waals surface area contributed by atoms with Gasteiger partial charge in [0.05, 0.1) is 21.1 Å². The van der Waals surface area contributed by atoms with E-state index in [4.69, 9.17) is 0 Å². The van der Waals surface area contributed by atoms with Crippen LogP contribution >= 0.6 is 8.03 Å². The van der Waals surface area contributed by atoms with Crippen LogP contribution in [0.2, 0.25) is 0 Å². The highest BCUT2D eigenvalue weighted by molar-refractivity contribution is 7.38. The maximum absolute atomic E-state index is 12.1. The molecule has 0 saturated carbocycles. The van der Waals surface area contributed by atoms with Gasteiger partial charge in [0.15, 0.2) is 0 Å². The van der Waals surface area contributed by atoms with Crippen molar-refractivity contribution >= 4 is 8.03 Å². The number of nitrogens with zero attached hydrogens (tertiary/aromatic N) is 1. The molecule has 0 amide bonds. The van der Waals surface area contributed by atoms with E-state index >= 15 is 0 Å². The van der Waals surface area contributed by atoms with Crippen LogP contribution in [0.3, 0.4) is 0 Å². The lowest BCUT2D eigenvalue weighted by Crippen LogP contribution is -2.55. The molecule has 0 saturated heterocycles. The molecule has 0 N–H and O–H groups in total. The average molecular weight is 485 g/mol. The first-order valence-corrected chi connectivity index (χ1v) is 15.6. The van der Waals surface area contributed by atoms with Crippen LogP contribution in [0.25, 0.3) is 0 Å². The Morgan fingerprint density at radius 1 is 0.606 bits per heavy atom. The highest BCUT2D eigenvalue weighted by Crippen LogP contribution is 2.45. The minimum Gasteiger partial charge on any atom is -0.590 e. The first-order chi connectivity index (χ1) is 15.8. The maximum atomic E-state index is 12.1. The van der Waals surface area contributed by atoms with Crippen LogP contribution in [0.4, 0.5) is 0 Å². The maximum Gasteiger partial charge on any atom is 0.376 e. The number of rotatable bonds is 24. The third-order valence-corrected chi connectivity index (χ3v) is 9.05. The van der Waals surface area contributed by atoms with Gasteiger partial charge < -0.3 is 4.89 Å². The molecular weight excluding hydrogens is 425 g/mol. The number of unbranched alkanes of at least 4 members (excludes halogenated alkanes) is 16. The van der Waals surface area contributed by atoms with E-state index in [0.29, 0.717) is 4.48 Å². The van der Waals surface area contributed by atoms with Crippen molar-refractivity contribution in [3.05, 3.63) is 12.2 Å². The second kappa shape index (κ2) is 21.1. The molecule has 33 heavy (non-hydrogen) atoms.